The Kier molecular flexibility index (Phi) is 5.05. The first-order chi connectivity index (χ1) is 12.3. The standard InChI is InChI=1S/C17H17BrClN2O3PS/c18-11-1-2-14-12(7-11)16-17(26-14)13(8-15(19)20-16)21-5-3-10(4-6-21)9-25(22,23)24/h1-2,7-8,10H,3-6,9H2,(H2,22,23,24). The zero-order valence-corrected chi connectivity index (χ0v) is 17.8. The highest BCUT2D eigenvalue weighted by Crippen LogP contribution is 2.43. The molecule has 2 aromatic heterocycles. The van der Waals surface area contributed by atoms with Gasteiger partial charge in [0.15, 0.2) is 0 Å². The Morgan fingerprint density at radius 3 is 2.73 bits per heavy atom. The lowest BCUT2D eigenvalue weighted by atomic mass is 9.98. The summed E-state index contributed by atoms with van der Waals surface area (Å²) in [5.41, 5.74) is 1.97. The molecule has 1 aliphatic rings. The van der Waals surface area contributed by atoms with Crippen LogP contribution in [0, 0.1) is 5.92 Å². The Bertz CT molecular complexity index is 1030. The van der Waals surface area contributed by atoms with Gasteiger partial charge in [-0.2, -0.15) is 0 Å². The number of fused-ring (bicyclic) bond motifs is 3. The van der Waals surface area contributed by atoms with E-state index in [4.69, 9.17) is 11.6 Å². The molecule has 1 aromatic carbocycles. The maximum atomic E-state index is 11.3. The highest BCUT2D eigenvalue weighted by Gasteiger charge is 2.27. The van der Waals surface area contributed by atoms with Crippen LogP contribution < -0.4 is 4.90 Å². The smallest absolute Gasteiger partial charge is 0.325 e. The SMILES string of the molecule is O=P(O)(O)CC1CCN(c2cc(Cl)nc3c2sc2ccc(Br)cc23)CC1. The molecule has 0 spiro atoms. The first kappa shape index (κ1) is 18.7. The lowest BCUT2D eigenvalue weighted by Crippen LogP contribution is -2.34. The molecule has 0 unspecified atom stereocenters. The number of hydrogen-bond acceptors (Lipinski definition) is 4. The zero-order chi connectivity index (χ0) is 18.5. The number of anilines is 1. The van der Waals surface area contributed by atoms with Crippen molar-refractivity contribution >= 4 is 72.5 Å². The van der Waals surface area contributed by atoms with Crippen molar-refractivity contribution < 1.29 is 14.4 Å². The molecule has 9 heteroatoms. The minimum Gasteiger partial charge on any atom is -0.370 e. The van der Waals surface area contributed by atoms with Gasteiger partial charge in [-0.05, 0) is 37.0 Å². The Labute approximate surface area is 168 Å². The maximum absolute atomic E-state index is 11.3. The molecule has 4 rings (SSSR count). The van der Waals surface area contributed by atoms with Crippen molar-refractivity contribution in [1.82, 2.24) is 4.98 Å². The van der Waals surface area contributed by atoms with Gasteiger partial charge in [-0.1, -0.05) is 27.5 Å². The predicted octanol–water partition coefficient (Wildman–Crippen LogP) is 5.26. The average molecular weight is 476 g/mol. The lowest BCUT2D eigenvalue weighted by Gasteiger charge is -2.34. The fourth-order valence-corrected chi connectivity index (χ4v) is 6.34. The van der Waals surface area contributed by atoms with Gasteiger partial charge >= 0.3 is 7.60 Å². The third-order valence-electron chi connectivity index (χ3n) is 4.78. The van der Waals surface area contributed by atoms with Crippen LogP contribution in [0.15, 0.2) is 28.7 Å². The summed E-state index contributed by atoms with van der Waals surface area (Å²) in [6, 6.07) is 8.06. The number of thiophene rings is 1. The summed E-state index contributed by atoms with van der Waals surface area (Å²) in [7, 11) is -3.95. The Morgan fingerprint density at radius 1 is 1.31 bits per heavy atom. The monoisotopic (exact) mass is 474 g/mol. The molecule has 138 valence electrons. The Balaban J connectivity index is 1.69. The highest BCUT2D eigenvalue weighted by atomic mass is 79.9. The first-order valence-corrected chi connectivity index (χ1v) is 12.1. The molecular formula is C17H17BrClN2O3PS. The van der Waals surface area contributed by atoms with E-state index in [0.29, 0.717) is 5.15 Å². The van der Waals surface area contributed by atoms with E-state index in [-0.39, 0.29) is 12.1 Å². The summed E-state index contributed by atoms with van der Waals surface area (Å²) in [4.78, 5) is 25.2. The second kappa shape index (κ2) is 7.04. The lowest BCUT2D eigenvalue weighted by molar-refractivity contribution is 0.347. The summed E-state index contributed by atoms with van der Waals surface area (Å²) in [5.74, 6) is 0.0678. The minimum absolute atomic E-state index is 0.0235. The van der Waals surface area contributed by atoms with Gasteiger partial charge in [-0.3, -0.25) is 4.57 Å². The van der Waals surface area contributed by atoms with E-state index >= 15 is 0 Å². The van der Waals surface area contributed by atoms with Gasteiger partial charge < -0.3 is 14.7 Å². The highest BCUT2D eigenvalue weighted by molar-refractivity contribution is 9.10. The van der Waals surface area contributed by atoms with Crippen LogP contribution in [0.4, 0.5) is 5.69 Å². The number of pyridine rings is 1. The van der Waals surface area contributed by atoms with Crippen LogP contribution in [0.1, 0.15) is 12.8 Å². The van der Waals surface area contributed by atoms with Gasteiger partial charge in [0.25, 0.3) is 0 Å². The van der Waals surface area contributed by atoms with Crippen molar-refractivity contribution in [1.29, 1.82) is 0 Å². The molecule has 3 heterocycles. The van der Waals surface area contributed by atoms with Gasteiger partial charge in [-0.15, -0.1) is 11.3 Å². The van der Waals surface area contributed by atoms with Gasteiger partial charge in [0.1, 0.15) is 5.15 Å². The van der Waals surface area contributed by atoms with Crippen molar-refractivity contribution in [3.8, 4) is 0 Å². The Hall–Kier alpha value is -0.690. The normalized spacial score (nSPS) is 16.7. The average Bonchev–Trinajstić information content (AvgIpc) is 2.91. The van der Waals surface area contributed by atoms with E-state index in [1.807, 2.05) is 12.1 Å². The summed E-state index contributed by atoms with van der Waals surface area (Å²) in [6.07, 6.45) is 1.51. The third-order valence-corrected chi connectivity index (χ3v) is 7.64. The molecule has 0 bridgehead atoms. The van der Waals surface area contributed by atoms with Crippen LogP contribution in [-0.2, 0) is 4.57 Å². The van der Waals surface area contributed by atoms with Crippen LogP contribution in [-0.4, -0.2) is 34.0 Å². The van der Waals surface area contributed by atoms with Gasteiger partial charge in [-0.25, -0.2) is 4.98 Å². The maximum Gasteiger partial charge on any atom is 0.325 e. The second-order valence-corrected chi connectivity index (χ2v) is 10.7. The molecule has 3 aromatic rings. The van der Waals surface area contributed by atoms with E-state index in [9.17, 15) is 14.4 Å². The number of hydrogen-bond donors (Lipinski definition) is 2. The quantitative estimate of drug-likeness (QED) is 0.399. The van der Waals surface area contributed by atoms with E-state index in [2.05, 4.69) is 37.9 Å². The van der Waals surface area contributed by atoms with Crippen LogP contribution >= 0.6 is 46.5 Å². The molecule has 2 N–H and O–H groups in total. The number of halogens is 2. The third kappa shape index (κ3) is 3.79. The summed E-state index contributed by atoms with van der Waals surface area (Å²) >= 11 is 11.5. The van der Waals surface area contributed by atoms with Crippen molar-refractivity contribution in [3.63, 3.8) is 0 Å². The van der Waals surface area contributed by atoms with Gasteiger partial charge in [0.2, 0.25) is 0 Å². The molecule has 1 saturated heterocycles. The van der Waals surface area contributed by atoms with E-state index in [1.165, 1.54) is 0 Å². The number of nitrogens with zero attached hydrogens (tertiary/aromatic N) is 2. The van der Waals surface area contributed by atoms with Crippen molar-refractivity contribution in [2.24, 2.45) is 5.92 Å². The van der Waals surface area contributed by atoms with Crippen LogP contribution in [0.25, 0.3) is 20.3 Å². The van der Waals surface area contributed by atoms with Gasteiger partial charge in [0, 0.05) is 33.7 Å². The van der Waals surface area contributed by atoms with E-state index in [0.717, 1.165) is 56.4 Å². The molecule has 0 aliphatic carbocycles. The van der Waals surface area contributed by atoms with Crippen LogP contribution in [0.3, 0.4) is 0 Å². The van der Waals surface area contributed by atoms with E-state index in [1.54, 1.807) is 11.3 Å². The summed E-state index contributed by atoms with van der Waals surface area (Å²) < 4.78 is 14.5. The van der Waals surface area contributed by atoms with E-state index < -0.39 is 7.60 Å². The molecular weight excluding hydrogens is 459 g/mol. The fourth-order valence-electron chi connectivity index (χ4n) is 3.59. The van der Waals surface area contributed by atoms with Crippen LogP contribution in [0.2, 0.25) is 5.15 Å². The van der Waals surface area contributed by atoms with Crippen molar-refractivity contribution in [2.45, 2.75) is 12.8 Å². The summed E-state index contributed by atoms with van der Waals surface area (Å²) in [5, 5.41) is 1.55. The predicted molar refractivity (Wildman–Crippen MR) is 112 cm³/mol. The number of piperidine rings is 1. The second-order valence-electron chi connectivity index (χ2n) is 6.66. The molecule has 1 fully saturated rings. The molecule has 1 aliphatic heterocycles. The van der Waals surface area contributed by atoms with Crippen molar-refractivity contribution in [3.05, 3.63) is 33.9 Å². The first-order valence-electron chi connectivity index (χ1n) is 8.28. The van der Waals surface area contributed by atoms with Crippen LogP contribution in [0.5, 0.6) is 0 Å². The van der Waals surface area contributed by atoms with Gasteiger partial charge in [0.05, 0.1) is 22.1 Å². The molecule has 0 radical (unpaired) electrons. The number of benzene rings is 1. The number of aromatic nitrogens is 1. The molecule has 0 saturated carbocycles. The Morgan fingerprint density at radius 2 is 2.04 bits per heavy atom. The molecule has 0 amide bonds. The fraction of sp³-hybridized carbons (Fsp3) is 0.353. The molecule has 5 nitrogen and oxygen atoms in total. The van der Waals surface area contributed by atoms with Crippen molar-refractivity contribution in [2.75, 3.05) is 24.2 Å². The largest absolute Gasteiger partial charge is 0.370 e. The number of rotatable bonds is 3. The summed E-state index contributed by atoms with van der Waals surface area (Å²) in [6.45, 7) is 1.52. The topological polar surface area (TPSA) is 73.7 Å². The zero-order valence-electron chi connectivity index (χ0n) is 13.7. The molecule has 26 heavy (non-hydrogen) atoms. The molecule has 0 atom stereocenters. The minimum atomic E-state index is -3.95.